The van der Waals surface area contributed by atoms with Crippen molar-refractivity contribution < 1.29 is 0 Å². The zero-order chi connectivity index (χ0) is 14.5. The molecular weight excluding hydrogens is 260 g/mol. The molecule has 2 rings (SSSR count). The van der Waals surface area contributed by atoms with Gasteiger partial charge in [0.15, 0.2) is 14.3 Å². The Morgan fingerprint density at radius 3 is 2.30 bits per heavy atom. The summed E-state index contributed by atoms with van der Waals surface area (Å²) < 4.78 is 1.25. The van der Waals surface area contributed by atoms with Crippen molar-refractivity contribution in [2.45, 2.75) is 6.92 Å². The van der Waals surface area contributed by atoms with Crippen LogP contribution in [0.5, 0.6) is 0 Å². The molecular formula is C19H19S+. The van der Waals surface area contributed by atoms with Crippen LogP contribution >= 0.6 is 10.5 Å². The van der Waals surface area contributed by atoms with Crippen molar-refractivity contribution in [2.75, 3.05) is 0 Å². The molecule has 1 unspecified atom stereocenters. The summed E-state index contributed by atoms with van der Waals surface area (Å²) in [5, 5.41) is 1.06. The van der Waals surface area contributed by atoms with E-state index in [0.29, 0.717) is 0 Å². The molecule has 1 atom stereocenters. The van der Waals surface area contributed by atoms with Crippen molar-refractivity contribution in [2.24, 2.45) is 0 Å². The maximum atomic E-state index is 4.24. The van der Waals surface area contributed by atoms with E-state index in [0.717, 1.165) is 10.8 Å². The lowest BCUT2D eigenvalue weighted by Gasteiger charge is -1.92. The van der Waals surface area contributed by atoms with Crippen LogP contribution in [0, 0.1) is 0 Å². The van der Waals surface area contributed by atoms with E-state index in [-0.39, 0.29) is 10.5 Å². The van der Waals surface area contributed by atoms with Gasteiger partial charge in [-0.2, -0.15) is 0 Å². The van der Waals surface area contributed by atoms with Gasteiger partial charge in [0.05, 0.1) is 0 Å². The van der Waals surface area contributed by atoms with Gasteiger partial charge in [0.25, 0.3) is 0 Å². The van der Waals surface area contributed by atoms with Crippen LogP contribution in [0.3, 0.4) is 0 Å². The van der Waals surface area contributed by atoms with Gasteiger partial charge in [-0.1, -0.05) is 56.2 Å². The van der Waals surface area contributed by atoms with Gasteiger partial charge < -0.3 is 0 Å². The van der Waals surface area contributed by atoms with Gasteiger partial charge in [-0.15, -0.1) is 0 Å². The molecule has 1 heteroatoms. The predicted octanol–water partition coefficient (Wildman–Crippen LogP) is 4.48. The van der Waals surface area contributed by atoms with Crippen LogP contribution in [-0.4, -0.2) is 0 Å². The van der Waals surface area contributed by atoms with Crippen LogP contribution in [0.1, 0.15) is 17.4 Å². The molecule has 1 heterocycles. The number of allylic oxidation sites excluding steroid dienone is 2. The van der Waals surface area contributed by atoms with E-state index < -0.39 is 0 Å². The number of hydrogen-bond acceptors (Lipinski definition) is 0. The van der Waals surface area contributed by atoms with E-state index in [1.807, 2.05) is 31.2 Å². The van der Waals surface area contributed by atoms with Crippen molar-refractivity contribution in [1.82, 2.24) is 0 Å². The lowest BCUT2D eigenvalue weighted by molar-refractivity contribution is 1.67. The highest BCUT2D eigenvalue weighted by molar-refractivity contribution is 7.39. The smallest absolute Gasteiger partial charge is 0.0982 e. The highest BCUT2D eigenvalue weighted by Crippen LogP contribution is 2.32. The van der Waals surface area contributed by atoms with E-state index in [2.05, 4.69) is 56.2 Å². The Labute approximate surface area is 123 Å². The first-order chi connectivity index (χ1) is 9.74. The summed E-state index contributed by atoms with van der Waals surface area (Å²) in [6.45, 7) is 14.2. The summed E-state index contributed by atoms with van der Waals surface area (Å²) >= 11 is 0. The SMILES string of the molecule is C=Cc1c(C=C)[s+](-c2ccccc2)/c(=C/C=C\C)c1=C. The summed E-state index contributed by atoms with van der Waals surface area (Å²) in [5.41, 5.74) is 1.11. The average molecular weight is 279 g/mol. The Morgan fingerprint density at radius 1 is 1.05 bits per heavy atom. The van der Waals surface area contributed by atoms with Gasteiger partial charge >= 0.3 is 0 Å². The molecule has 0 spiro atoms. The van der Waals surface area contributed by atoms with E-state index in [9.17, 15) is 0 Å². The average Bonchev–Trinajstić information content (AvgIpc) is 2.77. The molecule has 0 radical (unpaired) electrons. The van der Waals surface area contributed by atoms with Gasteiger partial charge in [-0.05, 0) is 31.2 Å². The fourth-order valence-corrected chi connectivity index (χ4v) is 4.55. The molecule has 0 saturated heterocycles. The number of benzene rings is 1. The summed E-state index contributed by atoms with van der Waals surface area (Å²) in [7, 11) is -0.127. The summed E-state index contributed by atoms with van der Waals surface area (Å²) in [6, 6.07) is 10.5. The molecule has 1 aromatic heterocycles. The first kappa shape index (κ1) is 14.3. The minimum atomic E-state index is -0.127. The van der Waals surface area contributed by atoms with Crippen LogP contribution in [0.25, 0.3) is 29.7 Å². The first-order valence-corrected chi connectivity index (χ1v) is 7.78. The van der Waals surface area contributed by atoms with Gasteiger partial charge in [-0.3, -0.25) is 0 Å². The first-order valence-electron chi connectivity index (χ1n) is 6.55. The number of hydrogen-bond donors (Lipinski definition) is 0. The van der Waals surface area contributed by atoms with Gasteiger partial charge in [0.2, 0.25) is 0 Å². The molecule has 0 N–H and O–H groups in total. The summed E-state index contributed by atoms with van der Waals surface area (Å²) in [6.07, 6.45) is 10.1. The van der Waals surface area contributed by atoms with E-state index >= 15 is 0 Å². The van der Waals surface area contributed by atoms with Crippen molar-refractivity contribution in [3.8, 4) is 4.90 Å². The molecule has 0 bridgehead atoms. The molecule has 2 aromatic rings. The van der Waals surface area contributed by atoms with Crippen LogP contribution in [-0.2, 0) is 0 Å². The predicted molar refractivity (Wildman–Crippen MR) is 94.5 cm³/mol. The second-order valence-corrected chi connectivity index (χ2v) is 6.30. The molecule has 100 valence electrons. The Bertz CT molecular complexity index is 758. The minimum absolute atomic E-state index is 0.127. The van der Waals surface area contributed by atoms with Gasteiger partial charge in [0, 0.05) is 21.3 Å². The molecule has 20 heavy (non-hydrogen) atoms. The Morgan fingerprint density at radius 2 is 1.75 bits per heavy atom. The number of rotatable bonds is 4. The lowest BCUT2D eigenvalue weighted by atomic mass is 10.2. The van der Waals surface area contributed by atoms with Crippen LogP contribution < -0.4 is 9.75 Å². The van der Waals surface area contributed by atoms with Crippen molar-refractivity contribution in [3.63, 3.8) is 0 Å². The topological polar surface area (TPSA) is 0 Å². The third-order valence-electron chi connectivity index (χ3n) is 3.14. The second kappa shape index (κ2) is 6.36. The molecule has 0 aliphatic rings. The third kappa shape index (κ3) is 2.45. The summed E-state index contributed by atoms with van der Waals surface area (Å²) in [4.78, 5) is 2.50. The highest BCUT2D eigenvalue weighted by Gasteiger charge is 2.22. The molecule has 1 aromatic carbocycles. The zero-order valence-corrected chi connectivity index (χ0v) is 12.6. The largest absolute Gasteiger partial charge is 0.187 e. The summed E-state index contributed by atoms with van der Waals surface area (Å²) in [5.74, 6) is 0. The van der Waals surface area contributed by atoms with E-state index in [1.54, 1.807) is 0 Å². The third-order valence-corrected chi connectivity index (χ3v) is 5.53. The lowest BCUT2D eigenvalue weighted by Crippen LogP contribution is -2.19. The van der Waals surface area contributed by atoms with Crippen LogP contribution in [0.4, 0.5) is 0 Å². The van der Waals surface area contributed by atoms with Gasteiger partial charge in [0.1, 0.15) is 0 Å². The monoisotopic (exact) mass is 279 g/mol. The fraction of sp³-hybridized carbons (Fsp3) is 0.0526. The highest BCUT2D eigenvalue weighted by atomic mass is 32.2. The Hall–Kier alpha value is -2.12. The zero-order valence-electron chi connectivity index (χ0n) is 11.8. The Kier molecular flexibility index (Phi) is 4.54. The standard InChI is InChI=1S/C19H19S/c1-5-8-14-19-15(4)17(6-2)18(7-3)20(19)16-12-10-9-11-13-16/h5-14H,2-4H2,1H3/q+1/b8-5-,19-14+. The normalized spacial score (nSPS) is 12.8. The molecule has 0 aliphatic carbocycles. The molecule has 0 nitrogen and oxygen atoms in total. The molecule has 0 aliphatic heterocycles. The molecule has 0 amide bonds. The van der Waals surface area contributed by atoms with E-state index in [4.69, 9.17) is 0 Å². The van der Waals surface area contributed by atoms with Crippen LogP contribution in [0.2, 0.25) is 0 Å². The molecule has 0 fully saturated rings. The number of thiophene rings is 1. The van der Waals surface area contributed by atoms with Crippen molar-refractivity contribution in [3.05, 3.63) is 75.8 Å². The Balaban J connectivity index is 2.94. The van der Waals surface area contributed by atoms with Crippen LogP contribution in [0.15, 0.2) is 55.6 Å². The van der Waals surface area contributed by atoms with E-state index in [1.165, 1.54) is 14.3 Å². The van der Waals surface area contributed by atoms with Gasteiger partial charge in [-0.25, -0.2) is 0 Å². The fourth-order valence-electron chi connectivity index (χ4n) is 2.21. The maximum Gasteiger partial charge on any atom is 0.187 e. The van der Waals surface area contributed by atoms with Crippen molar-refractivity contribution >= 4 is 35.3 Å². The quantitative estimate of drug-likeness (QED) is 0.724. The maximum absolute atomic E-state index is 4.24. The minimum Gasteiger partial charge on any atom is -0.0982 e. The molecule has 0 saturated carbocycles. The van der Waals surface area contributed by atoms with Crippen molar-refractivity contribution in [1.29, 1.82) is 0 Å². The second-order valence-electron chi connectivity index (χ2n) is 4.34.